The van der Waals surface area contributed by atoms with Crippen LogP contribution in [0.1, 0.15) is 0 Å². The average molecular weight is 406 g/mol. The topological polar surface area (TPSA) is 193 Å². The number of hydroxylamine groups is 1. The molecular weight excluding hydrogens is 393 g/mol. The van der Waals surface area contributed by atoms with Gasteiger partial charge in [0.15, 0.2) is 6.03 Å². The predicted molar refractivity (Wildman–Crippen MR) is 50.3 cm³/mol. The molecule has 0 atom stereocenters. The van der Waals surface area contributed by atoms with Crippen LogP contribution in [0.5, 0.6) is 0 Å². The minimum absolute atomic E-state index is 0. The summed E-state index contributed by atoms with van der Waals surface area (Å²) in [6.45, 7) is 0.472. The zero-order valence-electron chi connectivity index (χ0n) is 7.80. The Bertz CT molecular complexity index is 105. The van der Waals surface area contributed by atoms with E-state index in [1.54, 1.807) is 0 Å². The molecule has 98 valence electrons. The van der Waals surface area contributed by atoms with E-state index in [9.17, 15) is 0 Å². The zero-order valence-corrected chi connectivity index (χ0v) is 10.1. The van der Waals surface area contributed by atoms with Crippen molar-refractivity contribution in [2.45, 2.75) is 0 Å². The molecule has 0 aliphatic carbocycles. The molecule has 0 aromatic heterocycles. The van der Waals surface area contributed by atoms with E-state index < -0.39 is 6.03 Å². The number of aliphatic hydroxyl groups excluding tert-OH is 1. The number of hydrogen-bond donors (Lipinski definition) is 3. The Labute approximate surface area is 101 Å². The van der Waals surface area contributed by atoms with Gasteiger partial charge in [0.1, 0.15) is 0 Å². The number of aliphatic hydroxyl groups is 1. The molecule has 6 N–H and O–H groups in total. The van der Waals surface area contributed by atoms with Gasteiger partial charge in [-0.3, -0.25) is 4.79 Å². The van der Waals surface area contributed by atoms with Crippen LogP contribution in [0.4, 0.5) is 4.79 Å². The van der Waals surface area contributed by atoms with Gasteiger partial charge in [0.05, 0.1) is 0 Å². The van der Waals surface area contributed by atoms with Crippen LogP contribution in [0.3, 0.4) is 0 Å². The van der Waals surface area contributed by atoms with E-state index in [1.807, 2.05) is 0 Å². The summed E-state index contributed by atoms with van der Waals surface area (Å²) < 4.78 is 0. The summed E-state index contributed by atoms with van der Waals surface area (Å²) in [5.41, 5.74) is 19.4. The molecule has 0 aliphatic heterocycles. The first-order chi connectivity index (χ1) is 6.60. The summed E-state index contributed by atoms with van der Waals surface area (Å²) in [5, 5.41) is 23.4. The second-order valence-corrected chi connectivity index (χ2v) is 1.02. The van der Waals surface area contributed by atoms with Crippen molar-refractivity contribution in [1.29, 1.82) is 0 Å². The van der Waals surface area contributed by atoms with Crippen molar-refractivity contribution in [3.8, 4) is 0 Å². The first-order valence-electron chi connectivity index (χ1n) is 2.95. The maximum Gasteiger partial charge on any atom is 0.169 e. The monoisotopic (exact) mass is 406 g/mol. The summed E-state index contributed by atoms with van der Waals surface area (Å²) >= 11 is 0. The molecule has 0 rings (SSSR count). The van der Waals surface area contributed by atoms with Gasteiger partial charge in [0.25, 0.3) is 0 Å². The molecular formula is C4H13N5O5Pt-4. The van der Waals surface area contributed by atoms with Crippen molar-refractivity contribution in [1.82, 2.24) is 5.48 Å². The molecule has 0 aromatic carbocycles. The van der Waals surface area contributed by atoms with Gasteiger partial charge in [-0.15, -0.1) is 5.34 Å². The third kappa shape index (κ3) is 342. The molecule has 10 nitrogen and oxygen atoms in total. The fourth-order valence-corrected chi connectivity index (χ4v) is 0. The molecule has 0 fully saturated rings. The van der Waals surface area contributed by atoms with E-state index >= 15 is 0 Å². The first-order valence-corrected chi connectivity index (χ1v) is 2.95. The Morgan fingerprint density at radius 3 is 1.53 bits per heavy atom. The average Bonchev–Trinajstić information content (AvgIpc) is 2.22. The molecule has 0 saturated carbocycles. The van der Waals surface area contributed by atoms with Crippen molar-refractivity contribution < 1.29 is 36.2 Å². The molecule has 11 heteroatoms. The smallest absolute Gasteiger partial charge is 0.169 e. The quantitative estimate of drug-likeness (QED) is 0.332. The van der Waals surface area contributed by atoms with Crippen molar-refractivity contribution in [2.24, 2.45) is 5.34 Å². The summed E-state index contributed by atoms with van der Waals surface area (Å²) in [4.78, 5) is 17.1. The van der Waals surface area contributed by atoms with Crippen LogP contribution >= 0.6 is 0 Å². The third-order valence-corrected chi connectivity index (χ3v) is 0.227. The molecule has 0 aromatic rings. The first kappa shape index (κ1) is 29.2. The van der Waals surface area contributed by atoms with E-state index in [2.05, 4.69) is 0 Å². The van der Waals surface area contributed by atoms with Crippen LogP contribution in [0, 0.1) is 10.1 Å². The second-order valence-electron chi connectivity index (χ2n) is 1.02. The van der Waals surface area contributed by atoms with Crippen LogP contribution < -0.4 is 5.48 Å². The van der Waals surface area contributed by atoms with E-state index in [4.69, 9.17) is 42.4 Å². The number of carbonyl (C=O) groups excluding carboxylic acids is 1. The Morgan fingerprint density at radius 1 is 1.40 bits per heavy atom. The van der Waals surface area contributed by atoms with Crippen LogP contribution in [0.2, 0.25) is 0 Å². The number of rotatable bonds is 1. The summed E-state index contributed by atoms with van der Waals surface area (Å²) in [7, 11) is 1.00. The fraction of sp³-hybridized carbons (Fsp3) is 0.750. The van der Waals surface area contributed by atoms with Gasteiger partial charge in [-0.05, 0) is 0 Å². The zero-order chi connectivity index (χ0) is 12.4. The number of amides is 2. The van der Waals surface area contributed by atoms with Crippen LogP contribution in [-0.4, -0.2) is 36.5 Å². The molecule has 0 spiro atoms. The number of carbonyl (C=O) groups is 1. The summed E-state index contributed by atoms with van der Waals surface area (Å²) in [5.74, 6) is 0. The number of urea groups is 1. The molecule has 0 radical (unpaired) electrons. The largest absolute Gasteiger partial charge is 0.679 e. The molecule has 0 saturated heterocycles. The van der Waals surface area contributed by atoms with Gasteiger partial charge in [0.2, 0.25) is 0 Å². The van der Waals surface area contributed by atoms with Gasteiger partial charge in [-0.2, -0.15) is 13.1 Å². The Balaban J connectivity index is -0.0000000305. The molecule has 0 aliphatic rings. The van der Waals surface area contributed by atoms with Crippen molar-refractivity contribution in [3.63, 3.8) is 0 Å². The number of hydrogen-bond acceptors (Lipinski definition) is 6. The Morgan fingerprint density at radius 2 is 1.53 bits per heavy atom. The Hall–Kier alpha value is -0.802. The van der Waals surface area contributed by atoms with Gasteiger partial charge < -0.3 is 43.1 Å². The minimum Gasteiger partial charge on any atom is -0.679 e. The molecule has 15 heavy (non-hydrogen) atoms. The van der Waals surface area contributed by atoms with Crippen LogP contribution in [0.25, 0.3) is 17.2 Å². The predicted octanol–water partition coefficient (Wildman–Crippen LogP) is 1.08. The van der Waals surface area contributed by atoms with Gasteiger partial charge >= 0.3 is 0 Å². The molecule has 2 amide bonds. The van der Waals surface area contributed by atoms with Gasteiger partial charge in [-0.1, -0.05) is 0 Å². The normalized spacial score (nSPS) is 5.40. The van der Waals surface area contributed by atoms with Gasteiger partial charge in [-0.25, -0.2) is 0 Å². The molecule has 0 heterocycles. The SMILES string of the molecule is CO.O=N[O-].[NH-]C(=O)NO.[NH-]CC[NH-].[Pt]. The minimum atomic E-state index is -1.19. The van der Waals surface area contributed by atoms with E-state index in [0.717, 1.165) is 17.9 Å². The Kier molecular flexibility index (Phi) is 99.6. The summed E-state index contributed by atoms with van der Waals surface area (Å²) in [6.07, 6.45) is 0. The molecule has 0 unspecified atom stereocenters. The van der Waals surface area contributed by atoms with Gasteiger partial charge in [0, 0.05) is 28.2 Å². The van der Waals surface area contributed by atoms with Crippen molar-refractivity contribution in [3.05, 3.63) is 27.3 Å². The number of nitrogens with zero attached hydrogens (tertiary/aromatic N) is 1. The molecule has 0 bridgehead atoms. The van der Waals surface area contributed by atoms with E-state index in [1.165, 1.54) is 0 Å². The second kappa shape index (κ2) is 51.1. The van der Waals surface area contributed by atoms with Crippen LogP contribution in [0.15, 0.2) is 5.34 Å². The van der Waals surface area contributed by atoms with Crippen molar-refractivity contribution >= 4 is 6.03 Å². The van der Waals surface area contributed by atoms with E-state index in [-0.39, 0.29) is 34.2 Å². The van der Waals surface area contributed by atoms with Crippen molar-refractivity contribution in [2.75, 3.05) is 20.2 Å². The summed E-state index contributed by atoms with van der Waals surface area (Å²) in [6, 6.07) is -1.19. The van der Waals surface area contributed by atoms with E-state index in [0.29, 0.717) is 0 Å². The maximum absolute atomic E-state index is 9.12. The standard InChI is InChI=1S/C2H6N2.CH4N2O2.CH4O.HNO2.Pt/c3-1-2-4;2-1(4)3-5;1-2;2-1-3;/h3-4H,1-2H2;(H4,2,3,4,5);2H,1H3;(H,2,3);/q-2;;;;/p-2. The fourth-order valence-electron chi connectivity index (χ4n) is 0. The van der Waals surface area contributed by atoms with Crippen LogP contribution in [-0.2, 0) is 21.1 Å². The number of nitrogens with one attached hydrogen (secondary N) is 4. The maximum atomic E-state index is 9.12. The third-order valence-electron chi connectivity index (χ3n) is 0.227.